The van der Waals surface area contributed by atoms with E-state index in [4.69, 9.17) is 4.42 Å². The van der Waals surface area contributed by atoms with Crippen molar-refractivity contribution in [1.29, 1.82) is 0 Å². The number of fused-ring (bicyclic) bond motifs is 7. The Labute approximate surface area is 332 Å². The van der Waals surface area contributed by atoms with E-state index in [2.05, 4.69) is 219 Å². The van der Waals surface area contributed by atoms with E-state index in [-0.39, 0.29) is 5.41 Å². The second-order valence-corrected chi connectivity index (χ2v) is 15.7. The SMILES string of the molecule is CC1(C)c2ccccc2-c2ccc(-c3ccc4c(c3)oc3cc(N(c5ccc(-c6ccccc6)cc5)c5ccc(-c6cccc7ccccc67)cc5)ccc34)cc21. The van der Waals surface area contributed by atoms with Crippen molar-refractivity contribution >= 4 is 49.8 Å². The summed E-state index contributed by atoms with van der Waals surface area (Å²) in [5, 5.41) is 4.72. The lowest BCUT2D eigenvalue weighted by Gasteiger charge is -2.26. The molecule has 1 heterocycles. The van der Waals surface area contributed by atoms with Crippen molar-refractivity contribution in [2.45, 2.75) is 19.3 Å². The number of furan rings is 1. The molecule has 0 unspecified atom stereocenters. The summed E-state index contributed by atoms with van der Waals surface area (Å²) >= 11 is 0. The van der Waals surface area contributed by atoms with E-state index in [1.165, 1.54) is 60.8 Å². The van der Waals surface area contributed by atoms with Crippen LogP contribution in [0.3, 0.4) is 0 Å². The molecule has 0 saturated carbocycles. The van der Waals surface area contributed by atoms with Crippen molar-refractivity contribution in [2.24, 2.45) is 0 Å². The Hall–Kier alpha value is -7.16. The molecule has 1 aliphatic rings. The van der Waals surface area contributed by atoms with E-state index in [1.54, 1.807) is 0 Å². The topological polar surface area (TPSA) is 16.4 Å². The van der Waals surface area contributed by atoms with Crippen LogP contribution in [-0.4, -0.2) is 0 Å². The quantitative estimate of drug-likeness (QED) is 0.169. The lowest BCUT2D eigenvalue weighted by Crippen LogP contribution is -2.14. The first-order valence-electron chi connectivity index (χ1n) is 19.7. The molecule has 0 N–H and O–H groups in total. The number of anilines is 3. The van der Waals surface area contributed by atoms with Gasteiger partial charge in [-0.15, -0.1) is 0 Å². The molecule has 270 valence electrons. The van der Waals surface area contributed by atoms with Crippen molar-refractivity contribution in [2.75, 3.05) is 4.90 Å². The molecule has 0 aliphatic heterocycles. The molecule has 0 fully saturated rings. The monoisotopic (exact) mass is 729 g/mol. The Morgan fingerprint density at radius 2 is 0.895 bits per heavy atom. The highest BCUT2D eigenvalue weighted by molar-refractivity contribution is 6.07. The summed E-state index contributed by atoms with van der Waals surface area (Å²) in [6.45, 7) is 4.67. The van der Waals surface area contributed by atoms with Crippen LogP contribution in [0.1, 0.15) is 25.0 Å². The van der Waals surface area contributed by atoms with Crippen LogP contribution in [0.25, 0.3) is 77.2 Å². The number of nitrogens with zero attached hydrogens (tertiary/aromatic N) is 1. The lowest BCUT2D eigenvalue weighted by atomic mass is 9.81. The minimum absolute atomic E-state index is 0.0498. The molecule has 9 aromatic carbocycles. The first-order chi connectivity index (χ1) is 28.0. The fraction of sp³-hybridized carbons (Fsp3) is 0.0545. The van der Waals surface area contributed by atoms with Crippen molar-refractivity contribution in [3.8, 4) is 44.5 Å². The summed E-state index contributed by atoms with van der Waals surface area (Å²) in [5.74, 6) is 0. The zero-order valence-electron chi connectivity index (χ0n) is 31.9. The normalized spacial score (nSPS) is 12.9. The third-order valence-corrected chi connectivity index (χ3v) is 12.1. The third-order valence-electron chi connectivity index (χ3n) is 12.1. The lowest BCUT2D eigenvalue weighted by molar-refractivity contribution is 0.660. The molecular weight excluding hydrogens is 691 g/mol. The zero-order valence-corrected chi connectivity index (χ0v) is 31.9. The Balaban J connectivity index is 0.987. The van der Waals surface area contributed by atoms with Gasteiger partial charge in [-0.1, -0.05) is 153 Å². The van der Waals surface area contributed by atoms with E-state index >= 15 is 0 Å². The molecule has 11 rings (SSSR count). The van der Waals surface area contributed by atoms with Gasteiger partial charge in [0, 0.05) is 39.3 Å². The molecule has 0 amide bonds. The van der Waals surface area contributed by atoms with E-state index in [1.807, 2.05) is 0 Å². The highest BCUT2D eigenvalue weighted by Crippen LogP contribution is 2.50. The van der Waals surface area contributed by atoms with Gasteiger partial charge in [-0.3, -0.25) is 0 Å². The van der Waals surface area contributed by atoms with Crippen LogP contribution in [0.2, 0.25) is 0 Å². The highest BCUT2D eigenvalue weighted by Gasteiger charge is 2.35. The molecule has 10 aromatic rings. The van der Waals surface area contributed by atoms with Gasteiger partial charge >= 0.3 is 0 Å². The maximum Gasteiger partial charge on any atom is 0.137 e. The van der Waals surface area contributed by atoms with Crippen LogP contribution in [0, 0.1) is 0 Å². The Morgan fingerprint density at radius 1 is 0.351 bits per heavy atom. The number of hydrogen-bond donors (Lipinski definition) is 0. The van der Waals surface area contributed by atoms with Gasteiger partial charge in [-0.25, -0.2) is 0 Å². The minimum atomic E-state index is -0.0498. The Morgan fingerprint density at radius 3 is 1.70 bits per heavy atom. The van der Waals surface area contributed by atoms with Crippen molar-refractivity contribution in [3.63, 3.8) is 0 Å². The fourth-order valence-electron chi connectivity index (χ4n) is 9.12. The van der Waals surface area contributed by atoms with Crippen LogP contribution in [-0.2, 0) is 5.41 Å². The van der Waals surface area contributed by atoms with Gasteiger partial charge in [-0.05, 0) is 121 Å². The molecule has 2 nitrogen and oxygen atoms in total. The van der Waals surface area contributed by atoms with Crippen LogP contribution in [0.5, 0.6) is 0 Å². The average Bonchev–Trinajstić information content (AvgIpc) is 3.75. The minimum Gasteiger partial charge on any atom is -0.456 e. The summed E-state index contributed by atoms with van der Waals surface area (Å²) in [6.07, 6.45) is 0. The first kappa shape index (κ1) is 33.2. The van der Waals surface area contributed by atoms with Gasteiger partial charge < -0.3 is 9.32 Å². The zero-order chi connectivity index (χ0) is 38.1. The standard InChI is InChI=1S/C55H39NO/c1-55(2)51-18-9-8-16-47(51)48-30-23-40(33-52(48)55)41-24-31-49-50-32-29-44(35-54(50)57-53(49)34-41)56(42-25-19-37(20-26-42)36-11-4-3-5-12-36)43-27-21-39(22-28-43)46-17-10-14-38-13-6-7-15-45(38)46/h3-35H,1-2H3. The van der Waals surface area contributed by atoms with Crippen molar-refractivity contribution in [3.05, 3.63) is 211 Å². The summed E-state index contributed by atoms with van der Waals surface area (Å²) < 4.78 is 6.73. The van der Waals surface area contributed by atoms with E-state index in [9.17, 15) is 0 Å². The van der Waals surface area contributed by atoms with Crippen LogP contribution >= 0.6 is 0 Å². The van der Waals surface area contributed by atoms with Gasteiger partial charge in [0.05, 0.1) is 0 Å². The van der Waals surface area contributed by atoms with Crippen LogP contribution in [0.15, 0.2) is 205 Å². The van der Waals surface area contributed by atoms with Crippen LogP contribution in [0.4, 0.5) is 17.1 Å². The van der Waals surface area contributed by atoms with Crippen LogP contribution < -0.4 is 4.90 Å². The van der Waals surface area contributed by atoms with Gasteiger partial charge in [0.1, 0.15) is 11.2 Å². The maximum atomic E-state index is 6.73. The van der Waals surface area contributed by atoms with Gasteiger partial charge in [0.15, 0.2) is 0 Å². The number of benzene rings is 9. The third kappa shape index (κ3) is 5.48. The maximum absolute atomic E-state index is 6.73. The molecule has 1 aliphatic carbocycles. The molecule has 57 heavy (non-hydrogen) atoms. The van der Waals surface area contributed by atoms with Gasteiger partial charge in [-0.2, -0.15) is 0 Å². The molecule has 0 spiro atoms. The molecule has 0 bridgehead atoms. The molecule has 0 atom stereocenters. The Kier molecular flexibility index (Phi) is 7.55. The summed E-state index contributed by atoms with van der Waals surface area (Å²) in [4.78, 5) is 2.32. The smallest absolute Gasteiger partial charge is 0.137 e. The fourth-order valence-corrected chi connectivity index (χ4v) is 9.12. The summed E-state index contributed by atoms with van der Waals surface area (Å²) in [6, 6.07) is 72.5. The number of hydrogen-bond acceptors (Lipinski definition) is 2. The number of rotatable bonds is 6. The first-order valence-corrected chi connectivity index (χ1v) is 19.7. The summed E-state index contributed by atoms with van der Waals surface area (Å²) in [7, 11) is 0. The van der Waals surface area contributed by atoms with Crippen molar-refractivity contribution < 1.29 is 4.42 Å². The summed E-state index contributed by atoms with van der Waals surface area (Å²) in [5.41, 5.74) is 17.5. The predicted molar refractivity (Wildman–Crippen MR) is 240 cm³/mol. The largest absolute Gasteiger partial charge is 0.456 e. The second-order valence-electron chi connectivity index (χ2n) is 15.7. The van der Waals surface area contributed by atoms with E-state index in [0.29, 0.717) is 0 Å². The Bertz CT molecular complexity index is 3130. The molecular formula is C55H39NO. The highest BCUT2D eigenvalue weighted by atomic mass is 16.3. The van der Waals surface area contributed by atoms with E-state index < -0.39 is 0 Å². The van der Waals surface area contributed by atoms with Crippen molar-refractivity contribution in [1.82, 2.24) is 0 Å². The molecule has 0 radical (unpaired) electrons. The molecule has 2 heteroatoms. The second kappa shape index (κ2) is 13.0. The molecule has 1 aromatic heterocycles. The average molecular weight is 730 g/mol. The van der Waals surface area contributed by atoms with E-state index in [0.717, 1.165) is 44.6 Å². The van der Waals surface area contributed by atoms with Gasteiger partial charge in [0.25, 0.3) is 0 Å². The molecule has 0 saturated heterocycles. The van der Waals surface area contributed by atoms with Gasteiger partial charge in [0.2, 0.25) is 0 Å². The predicted octanol–water partition coefficient (Wildman–Crippen LogP) is 15.5.